The third-order valence-electron chi connectivity index (χ3n) is 5.90. The van der Waals surface area contributed by atoms with Crippen molar-refractivity contribution in [2.75, 3.05) is 27.4 Å². The predicted molar refractivity (Wildman–Crippen MR) is 123 cm³/mol. The Morgan fingerprint density at radius 2 is 1.97 bits per heavy atom. The van der Waals surface area contributed by atoms with Gasteiger partial charge in [-0.3, -0.25) is 4.79 Å². The highest BCUT2D eigenvalue weighted by atomic mass is 16.5. The molecule has 1 amide bonds. The molecule has 7 heteroatoms. The second-order valence-electron chi connectivity index (χ2n) is 7.86. The Morgan fingerprint density at radius 1 is 1.12 bits per heavy atom. The van der Waals surface area contributed by atoms with Gasteiger partial charge in [-0.15, -0.1) is 0 Å². The maximum absolute atomic E-state index is 13.0. The number of hydrogen-bond donors (Lipinski definition) is 2. The van der Waals surface area contributed by atoms with Crippen LogP contribution in [0.1, 0.15) is 23.3 Å². The van der Waals surface area contributed by atoms with E-state index < -0.39 is 0 Å². The van der Waals surface area contributed by atoms with Crippen molar-refractivity contribution in [1.29, 1.82) is 0 Å². The first-order valence-corrected chi connectivity index (χ1v) is 10.7. The van der Waals surface area contributed by atoms with Crippen LogP contribution < -0.4 is 14.8 Å². The van der Waals surface area contributed by atoms with Gasteiger partial charge in [0, 0.05) is 35.0 Å². The number of carbonyl (C=O) groups excluding carboxylic acids is 1. The molecule has 0 bridgehead atoms. The van der Waals surface area contributed by atoms with Crippen LogP contribution in [-0.2, 0) is 4.74 Å². The fourth-order valence-electron chi connectivity index (χ4n) is 4.26. The topological polar surface area (TPSA) is 85.5 Å². The third-order valence-corrected chi connectivity index (χ3v) is 5.90. The lowest BCUT2D eigenvalue weighted by atomic mass is 10.1. The van der Waals surface area contributed by atoms with Crippen LogP contribution in [0.2, 0.25) is 0 Å². The number of ether oxygens (including phenoxy) is 3. The Labute approximate surface area is 185 Å². The highest BCUT2D eigenvalue weighted by Gasteiger charge is 2.20. The van der Waals surface area contributed by atoms with Gasteiger partial charge in [-0.2, -0.15) is 0 Å². The summed E-state index contributed by atoms with van der Waals surface area (Å²) < 4.78 is 16.5. The number of nitrogens with zero attached hydrogens (tertiary/aromatic N) is 1. The number of H-pyrrole nitrogens is 1. The number of para-hydroxylation sites is 1. The Hall–Kier alpha value is -3.58. The average molecular weight is 431 g/mol. The normalized spacial score (nSPS) is 15.9. The lowest BCUT2D eigenvalue weighted by molar-refractivity contribution is 0.0854. The Bertz CT molecular complexity index is 1290. The van der Waals surface area contributed by atoms with E-state index in [2.05, 4.69) is 10.3 Å². The molecule has 1 aliphatic rings. The molecule has 2 aromatic heterocycles. The van der Waals surface area contributed by atoms with Crippen LogP contribution >= 0.6 is 0 Å². The predicted octanol–water partition coefficient (Wildman–Crippen LogP) is 4.31. The van der Waals surface area contributed by atoms with Gasteiger partial charge in [0.05, 0.1) is 31.5 Å². The number of nitrogens with one attached hydrogen (secondary N) is 2. The van der Waals surface area contributed by atoms with E-state index in [9.17, 15) is 4.79 Å². The molecule has 0 radical (unpaired) electrons. The summed E-state index contributed by atoms with van der Waals surface area (Å²) in [6, 6.07) is 15.5. The molecular formula is C25H25N3O4. The van der Waals surface area contributed by atoms with Gasteiger partial charge in [0.15, 0.2) is 11.5 Å². The van der Waals surface area contributed by atoms with Crippen molar-refractivity contribution in [3.8, 4) is 22.8 Å². The van der Waals surface area contributed by atoms with E-state index in [0.717, 1.165) is 46.8 Å². The number of carbonyl (C=O) groups is 1. The second kappa shape index (κ2) is 8.51. The lowest BCUT2D eigenvalue weighted by Gasteiger charge is -2.13. The Morgan fingerprint density at radius 3 is 2.75 bits per heavy atom. The molecule has 5 rings (SSSR count). The van der Waals surface area contributed by atoms with Gasteiger partial charge >= 0.3 is 0 Å². The molecule has 2 N–H and O–H groups in total. The van der Waals surface area contributed by atoms with Crippen LogP contribution in [0.5, 0.6) is 11.5 Å². The maximum Gasteiger partial charge on any atom is 0.270 e. The minimum atomic E-state index is -0.214. The number of hydrogen-bond acceptors (Lipinski definition) is 5. The second-order valence-corrected chi connectivity index (χ2v) is 7.86. The van der Waals surface area contributed by atoms with E-state index in [-0.39, 0.29) is 12.0 Å². The molecule has 0 saturated carbocycles. The summed E-state index contributed by atoms with van der Waals surface area (Å²) in [4.78, 5) is 21.3. The minimum Gasteiger partial charge on any atom is -0.493 e. The van der Waals surface area contributed by atoms with Crippen molar-refractivity contribution < 1.29 is 19.0 Å². The van der Waals surface area contributed by atoms with Crippen molar-refractivity contribution in [2.24, 2.45) is 0 Å². The van der Waals surface area contributed by atoms with Crippen LogP contribution in [0.25, 0.3) is 33.1 Å². The van der Waals surface area contributed by atoms with Crippen LogP contribution in [0, 0.1) is 0 Å². The summed E-state index contributed by atoms with van der Waals surface area (Å²) in [5.41, 5.74) is 3.73. The van der Waals surface area contributed by atoms with Gasteiger partial charge in [-0.25, -0.2) is 4.98 Å². The molecule has 32 heavy (non-hydrogen) atoms. The highest BCUT2D eigenvalue weighted by Crippen LogP contribution is 2.36. The largest absolute Gasteiger partial charge is 0.493 e. The zero-order chi connectivity index (χ0) is 22.1. The van der Waals surface area contributed by atoms with E-state index in [4.69, 9.17) is 19.2 Å². The van der Waals surface area contributed by atoms with Crippen molar-refractivity contribution in [3.63, 3.8) is 0 Å². The molecule has 1 fully saturated rings. The maximum atomic E-state index is 13.0. The number of aromatic amines is 1. The molecule has 0 spiro atoms. The van der Waals surface area contributed by atoms with Gasteiger partial charge < -0.3 is 24.5 Å². The average Bonchev–Trinajstić information content (AvgIpc) is 3.49. The van der Waals surface area contributed by atoms with Crippen molar-refractivity contribution in [2.45, 2.75) is 18.9 Å². The quantitative estimate of drug-likeness (QED) is 0.475. The van der Waals surface area contributed by atoms with Crippen LogP contribution in [0.15, 0.2) is 48.5 Å². The van der Waals surface area contributed by atoms with Crippen LogP contribution in [0.3, 0.4) is 0 Å². The summed E-state index contributed by atoms with van der Waals surface area (Å²) in [5, 5.41) is 4.97. The van der Waals surface area contributed by atoms with Gasteiger partial charge in [-0.05, 0) is 43.2 Å². The summed E-state index contributed by atoms with van der Waals surface area (Å²) in [7, 11) is 3.20. The summed E-state index contributed by atoms with van der Waals surface area (Å²) in [6.45, 7) is 1.24. The van der Waals surface area contributed by atoms with Crippen molar-refractivity contribution >= 4 is 27.7 Å². The van der Waals surface area contributed by atoms with Crippen molar-refractivity contribution in [1.82, 2.24) is 15.3 Å². The fraction of sp³-hybridized carbons (Fsp3) is 0.280. The summed E-state index contributed by atoms with van der Waals surface area (Å²) in [5.74, 6) is 1.02. The zero-order valence-electron chi connectivity index (χ0n) is 18.1. The van der Waals surface area contributed by atoms with Gasteiger partial charge in [0.25, 0.3) is 5.91 Å². The van der Waals surface area contributed by atoms with E-state index in [0.29, 0.717) is 29.4 Å². The number of amides is 1. The molecule has 4 aromatic rings. The molecule has 2 aromatic carbocycles. The third kappa shape index (κ3) is 3.65. The van der Waals surface area contributed by atoms with Gasteiger partial charge in [0.1, 0.15) is 5.69 Å². The fourth-order valence-corrected chi connectivity index (χ4v) is 4.26. The molecule has 1 saturated heterocycles. The molecular weight excluding hydrogens is 406 g/mol. The Kier molecular flexibility index (Phi) is 5.41. The standard InChI is InChI=1S/C25H25N3O4/c1-30-21-10-9-15(12-22(21)31-2)23-24-18(17-7-3-4-8-19(17)27-24)13-20(28-23)25(29)26-14-16-6-5-11-32-16/h3-4,7-10,12-13,16,27H,5-6,11,14H2,1-2H3,(H,26,29). The number of methoxy groups -OCH3 is 2. The molecule has 1 unspecified atom stereocenters. The first kappa shape index (κ1) is 20.3. The first-order valence-electron chi connectivity index (χ1n) is 10.7. The van der Waals surface area contributed by atoms with E-state index >= 15 is 0 Å². The van der Waals surface area contributed by atoms with Gasteiger partial charge in [-0.1, -0.05) is 18.2 Å². The number of pyridine rings is 1. The van der Waals surface area contributed by atoms with E-state index in [1.165, 1.54) is 0 Å². The van der Waals surface area contributed by atoms with E-state index in [1.54, 1.807) is 14.2 Å². The van der Waals surface area contributed by atoms with Crippen LogP contribution in [0.4, 0.5) is 0 Å². The molecule has 164 valence electrons. The number of benzene rings is 2. The lowest BCUT2D eigenvalue weighted by Crippen LogP contribution is -2.32. The SMILES string of the molecule is COc1ccc(-c2nc(C(=O)NCC3CCCO3)cc3c2[nH]c2ccccc23)cc1OC. The van der Waals surface area contributed by atoms with Crippen LogP contribution in [-0.4, -0.2) is 49.4 Å². The Balaban J connectivity index is 1.62. The first-order chi connectivity index (χ1) is 15.7. The zero-order valence-corrected chi connectivity index (χ0v) is 18.1. The number of aromatic nitrogens is 2. The molecule has 7 nitrogen and oxygen atoms in total. The monoisotopic (exact) mass is 431 g/mol. The number of rotatable bonds is 6. The van der Waals surface area contributed by atoms with E-state index in [1.807, 2.05) is 48.5 Å². The molecule has 0 aliphatic carbocycles. The smallest absolute Gasteiger partial charge is 0.270 e. The minimum absolute atomic E-state index is 0.0705. The summed E-state index contributed by atoms with van der Waals surface area (Å²) in [6.07, 6.45) is 2.07. The van der Waals surface area contributed by atoms with Gasteiger partial charge in [0.2, 0.25) is 0 Å². The molecule has 1 aliphatic heterocycles. The molecule has 3 heterocycles. The number of fused-ring (bicyclic) bond motifs is 3. The highest BCUT2D eigenvalue weighted by molar-refractivity contribution is 6.13. The molecule has 1 atom stereocenters. The summed E-state index contributed by atoms with van der Waals surface area (Å²) >= 11 is 0. The van der Waals surface area contributed by atoms with Crippen molar-refractivity contribution in [3.05, 3.63) is 54.2 Å².